The van der Waals surface area contributed by atoms with Gasteiger partial charge in [0.15, 0.2) is 16.3 Å². The molecule has 8 nitrogen and oxygen atoms in total. The number of halogens is 2. The van der Waals surface area contributed by atoms with Crippen molar-refractivity contribution in [2.24, 2.45) is 4.99 Å². The number of carbonyl (C=O) groups excluding carboxylic acids is 1. The summed E-state index contributed by atoms with van der Waals surface area (Å²) in [7, 11) is 0. The molecule has 2 aliphatic rings. The number of aromatic nitrogens is 2. The van der Waals surface area contributed by atoms with E-state index in [1.807, 2.05) is 67.0 Å². The second kappa shape index (κ2) is 11.8. The van der Waals surface area contributed by atoms with E-state index < -0.39 is 17.8 Å². The maximum Gasteiger partial charge on any atom is 0.338 e. The number of aryl methyl sites for hydroxylation is 1. The van der Waals surface area contributed by atoms with Gasteiger partial charge in [0.2, 0.25) is 6.79 Å². The van der Waals surface area contributed by atoms with Crippen molar-refractivity contribution in [2.45, 2.75) is 26.8 Å². The lowest BCUT2D eigenvalue weighted by molar-refractivity contribution is -0.138. The topological polar surface area (TPSA) is 84.1 Å². The van der Waals surface area contributed by atoms with Crippen molar-refractivity contribution in [1.82, 2.24) is 9.13 Å². The summed E-state index contributed by atoms with van der Waals surface area (Å²) in [5.74, 6) is 0.0154. The molecule has 0 bridgehead atoms. The third-order valence-corrected chi connectivity index (χ3v) is 9.29. The summed E-state index contributed by atoms with van der Waals surface area (Å²) in [4.78, 5) is 33.4. The van der Waals surface area contributed by atoms with Crippen LogP contribution in [0.3, 0.4) is 0 Å². The number of esters is 1. The third-order valence-electron chi connectivity index (χ3n) is 8.00. The summed E-state index contributed by atoms with van der Waals surface area (Å²) < 4.78 is 35.0. The third kappa shape index (κ3) is 5.03. The summed E-state index contributed by atoms with van der Waals surface area (Å²) in [6.07, 6.45) is 1.81. The molecule has 0 saturated heterocycles. The molecule has 2 aliphatic heterocycles. The van der Waals surface area contributed by atoms with E-state index in [4.69, 9.17) is 30.8 Å². The van der Waals surface area contributed by atoms with Crippen LogP contribution >= 0.6 is 22.9 Å². The first-order chi connectivity index (χ1) is 22.2. The van der Waals surface area contributed by atoms with Crippen molar-refractivity contribution in [1.29, 1.82) is 0 Å². The molecule has 5 aromatic rings. The van der Waals surface area contributed by atoms with Gasteiger partial charge in [0.05, 0.1) is 33.5 Å². The Hall–Kier alpha value is -4.93. The zero-order chi connectivity index (χ0) is 32.1. The van der Waals surface area contributed by atoms with Gasteiger partial charge >= 0.3 is 5.97 Å². The van der Waals surface area contributed by atoms with E-state index in [0.29, 0.717) is 43.3 Å². The molecule has 11 heteroatoms. The minimum atomic E-state index is -0.855. The van der Waals surface area contributed by atoms with E-state index in [2.05, 4.69) is 0 Å². The first-order valence-corrected chi connectivity index (χ1v) is 15.8. The first kappa shape index (κ1) is 29.8. The highest BCUT2D eigenvalue weighted by atomic mass is 35.5. The van der Waals surface area contributed by atoms with Crippen molar-refractivity contribution >= 4 is 40.7 Å². The summed E-state index contributed by atoms with van der Waals surface area (Å²) in [6, 6.07) is 20.5. The van der Waals surface area contributed by atoms with E-state index in [0.717, 1.165) is 17.0 Å². The molecule has 3 aromatic carbocycles. The van der Waals surface area contributed by atoms with E-state index in [1.54, 1.807) is 29.7 Å². The monoisotopic (exact) mass is 655 g/mol. The number of hydrogen-bond donors (Lipinski definition) is 0. The Balaban J connectivity index is 1.46. The van der Waals surface area contributed by atoms with E-state index >= 15 is 0 Å². The van der Waals surface area contributed by atoms with Gasteiger partial charge in [0.25, 0.3) is 5.56 Å². The van der Waals surface area contributed by atoms with Crippen molar-refractivity contribution < 1.29 is 23.4 Å². The fourth-order valence-electron chi connectivity index (χ4n) is 5.94. The number of thiazole rings is 1. The number of rotatable bonds is 6. The zero-order valence-corrected chi connectivity index (χ0v) is 26.6. The van der Waals surface area contributed by atoms with Gasteiger partial charge in [-0.1, -0.05) is 59.3 Å². The molecule has 0 N–H and O–H groups in total. The van der Waals surface area contributed by atoms with Gasteiger partial charge in [0, 0.05) is 22.6 Å². The minimum absolute atomic E-state index is 0.0432. The SMILES string of the molecule is CCOC(=O)C1=C(c2ccccc2)N=c2s/c(=C/c3cc(C)n(-c4ccc(Cl)c(F)c4)c3C)c(=O)n2[C@H]1c1ccc2c(c1)OCO2. The molecule has 0 spiro atoms. The average molecular weight is 656 g/mol. The fraction of sp³-hybridized carbons (Fsp3) is 0.171. The van der Waals surface area contributed by atoms with Crippen molar-refractivity contribution in [3.63, 3.8) is 0 Å². The average Bonchev–Trinajstić information content (AvgIpc) is 3.73. The minimum Gasteiger partial charge on any atom is -0.463 e. The number of carbonyl (C=O) groups is 1. The first-order valence-electron chi connectivity index (χ1n) is 14.6. The van der Waals surface area contributed by atoms with Crippen LogP contribution in [0.4, 0.5) is 4.39 Å². The van der Waals surface area contributed by atoms with Gasteiger partial charge in [-0.3, -0.25) is 9.36 Å². The zero-order valence-electron chi connectivity index (χ0n) is 25.0. The Bertz CT molecular complexity index is 2250. The van der Waals surface area contributed by atoms with Crippen LogP contribution in [0, 0.1) is 19.7 Å². The summed E-state index contributed by atoms with van der Waals surface area (Å²) in [6.45, 7) is 5.79. The lowest BCUT2D eigenvalue weighted by Gasteiger charge is -2.26. The van der Waals surface area contributed by atoms with Crippen molar-refractivity contribution in [3.8, 4) is 17.2 Å². The largest absolute Gasteiger partial charge is 0.463 e. The Labute approximate surface area is 271 Å². The Morgan fingerprint density at radius 3 is 2.63 bits per heavy atom. The molecular formula is C35H27ClFN3O5S. The highest BCUT2D eigenvalue weighted by molar-refractivity contribution is 7.07. The van der Waals surface area contributed by atoms with Gasteiger partial charge in [-0.05, 0) is 74.4 Å². The van der Waals surface area contributed by atoms with Crippen LogP contribution in [0.25, 0.3) is 17.5 Å². The molecule has 0 saturated carbocycles. The Morgan fingerprint density at radius 1 is 1.09 bits per heavy atom. The predicted octanol–water partition coefficient (Wildman–Crippen LogP) is 5.86. The summed E-state index contributed by atoms with van der Waals surface area (Å²) in [5.41, 5.74) is 4.79. The van der Waals surface area contributed by atoms with Crippen LogP contribution in [0.2, 0.25) is 5.02 Å². The van der Waals surface area contributed by atoms with Crippen LogP contribution in [-0.4, -0.2) is 28.5 Å². The molecule has 4 heterocycles. The molecule has 0 fully saturated rings. The van der Waals surface area contributed by atoms with Crippen LogP contribution in [0.15, 0.2) is 88.2 Å². The number of nitrogens with zero attached hydrogens (tertiary/aromatic N) is 3. The Morgan fingerprint density at radius 2 is 1.87 bits per heavy atom. The predicted molar refractivity (Wildman–Crippen MR) is 174 cm³/mol. The lowest BCUT2D eigenvalue weighted by Crippen LogP contribution is -2.40. The molecular weight excluding hydrogens is 629 g/mol. The molecule has 1 atom stereocenters. The fourth-order valence-corrected chi connectivity index (χ4v) is 7.04. The number of ether oxygens (including phenoxy) is 3. The molecule has 0 unspecified atom stereocenters. The molecule has 46 heavy (non-hydrogen) atoms. The second-order valence-electron chi connectivity index (χ2n) is 10.8. The van der Waals surface area contributed by atoms with Crippen LogP contribution in [0.1, 0.15) is 41.0 Å². The lowest BCUT2D eigenvalue weighted by atomic mass is 9.93. The van der Waals surface area contributed by atoms with E-state index in [1.165, 1.54) is 23.5 Å². The highest BCUT2D eigenvalue weighted by Crippen LogP contribution is 2.40. The van der Waals surface area contributed by atoms with Crippen LogP contribution < -0.4 is 24.4 Å². The number of hydrogen-bond acceptors (Lipinski definition) is 7. The molecule has 0 radical (unpaired) electrons. The van der Waals surface area contributed by atoms with Crippen molar-refractivity contribution in [3.05, 3.63) is 137 Å². The van der Waals surface area contributed by atoms with E-state index in [9.17, 15) is 14.0 Å². The van der Waals surface area contributed by atoms with Gasteiger partial charge in [0.1, 0.15) is 5.82 Å². The van der Waals surface area contributed by atoms with Crippen molar-refractivity contribution in [2.75, 3.05) is 13.4 Å². The molecule has 2 aromatic heterocycles. The molecule has 7 rings (SSSR count). The standard InChI is InChI=1S/C35H27ClFN3O5S/c1-4-43-34(42)30-31(21-8-6-5-7-9-21)38-35-40(32(30)22-10-13-27-28(15-22)45-18-44-27)33(41)29(46-35)16-23-14-19(2)39(20(23)3)24-11-12-25(36)26(37)17-24/h5-17,32H,4,18H2,1-3H3/b29-16+/t32-/m0/s1. The Kier molecular flexibility index (Phi) is 7.62. The maximum atomic E-state index is 14.3. The smallest absolute Gasteiger partial charge is 0.338 e. The van der Waals surface area contributed by atoms with Crippen LogP contribution in [0.5, 0.6) is 11.5 Å². The number of fused-ring (bicyclic) bond motifs is 2. The summed E-state index contributed by atoms with van der Waals surface area (Å²) in [5, 5.41) is 0.0432. The molecule has 232 valence electrons. The highest BCUT2D eigenvalue weighted by Gasteiger charge is 2.36. The number of benzene rings is 3. The molecule has 0 aliphatic carbocycles. The molecule has 0 amide bonds. The maximum absolute atomic E-state index is 14.3. The quantitative estimate of drug-likeness (QED) is 0.214. The second-order valence-corrected chi connectivity index (χ2v) is 12.2. The summed E-state index contributed by atoms with van der Waals surface area (Å²) >= 11 is 7.16. The van der Waals surface area contributed by atoms with E-state index in [-0.39, 0.29) is 29.6 Å². The van der Waals surface area contributed by atoms with Crippen LogP contribution in [-0.2, 0) is 9.53 Å². The van der Waals surface area contributed by atoms with Gasteiger partial charge < -0.3 is 18.8 Å². The van der Waals surface area contributed by atoms with Gasteiger partial charge in [-0.15, -0.1) is 0 Å². The van der Waals surface area contributed by atoms with Gasteiger partial charge in [-0.25, -0.2) is 14.2 Å². The van der Waals surface area contributed by atoms with Gasteiger partial charge in [-0.2, -0.15) is 0 Å². The normalized spacial score (nSPS) is 15.6.